The van der Waals surface area contributed by atoms with Crippen LogP contribution >= 0.6 is 11.6 Å². The van der Waals surface area contributed by atoms with Gasteiger partial charge in [0.25, 0.3) is 0 Å². The fraction of sp³-hybridized carbons (Fsp3) is 0.353. The third kappa shape index (κ3) is 4.22. The Morgan fingerprint density at radius 3 is 2.59 bits per heavy atom. The highest BCUT2D eigenvalue weighted by Crippen LogP contribution is 2.45. The number of aliphatic imine (C=N–C) groups is 1. The zero-order valence-electron chi connectivity index (χ0n) is 15.0. The van der Waals surface area contributed by atoms with Crippen LogP contribution in [0.3, 0.4) is 0 Å². The number of halogens is 4. The highest BCUT2D eigenvalue weighted by molar-refractivity contribution is 7.90. The van der Waals surface area contributed by atoms with Crippen LogP contribution in [0.15, 0.2) is 27.7 Å². The molecule has 154 valence electrons. The number of rotatable bonds is 5. The van der Waals surface area contributed by atoms with Gasteiger partial charge in [-0.25, -0.2) is 0 Å². The lowest BCUT2D eigenvalue weighted by molar-refractivity contribution is -0.137. The minimum absolute atomic E-state index is 0.0506. The normalized spacial score (nSPS) is 20.3. The quantitative estimate of drug-likeness (QED) is 0.596. The van der Waals surface area contributed by atoms with Gasteiger partial charge in [-0.05, 0) is 12.1 Å². The van der Waals surface area contributed by atoms with E-state index in [0.29, 0.717) is 6.07 Å². The molecule has 0 amide bonds. The van der Waals surface area contributed by atoms with Crippen molar-refractivity contribution >= 4 is 33.9 Å². The first kappa shape index (κ1) is 22.7. The number of nitriles is 2. The van der Waals surface area contributed by atoms with Gasteiger partial charge >= 0.3 is 6.18 Å². The van der Waals surface area contributed by atoms with E-state index in [0.717, 1.165) is 6.07 Å². The number of fused-ring (bicyclic) bond motifs is 1. The summed E-state index contributed by atoms with van der Waals surface area (Å²) in [6, 6.07) is 4.87. The summed E-state index contributed by atoms with van der Waals surface area (Å²) in [6.45, 7) is 0.726. The van der Waals surface area contributed by atoms with E-state index in [9.17, 15) is 27.7 Å². The number of allylic oxidation sites excluding steroid dienone is 1. The summed E-state index contributed by atoms with van der Waals surface area (Å²) >= 11 is 6.06. The van der Waals surface area contributed by atoms with Gasteiger partial charge in [-0.15, -0.1) is 0 Å². The van der Waals surface area contributed by atoms with E-state index in [-0.39, 0.29) is 32.8 Å². The number of amidine groups is 1. The number of hydrogen-bond acceptors (Lipinski definition) is 7. The number of aliphatic hydroxyl groups is 1. The maximum absolute atomic E-state index is 13.2. The highest BCUT2D eigenvalue weighted by atomic mass is 35.5. The summed E-state index contributed by atoms with van der Waals surface area (Å²) < 4.78 is 52.2. The van der Waals surface area contributed by atoms with Gasteiger partial charge in [0.2, 0.25) is 0 Å². The molecule has 2 atom stereocenters. The monoisotopic (exact) mass is 445 g/mol. The number of aliphatic hydroxyl groups excluding tert-OH is 1. The minimum atomic E-state index is -4.73. The highest BCUT2D eigenvalue weighted by Gasteiger charge is 2.42. The Morgan fingerprint density at radius 1 is 1.45 bits per heavy atom. The van der Waals surface area contributed by atoms with Gasteiger partial charge in [0, 0.05) is 11.3 Å². The lowest BCUT2D eigenvalue weighted by atomic mass is 9.84. The predicted molar refractivity (Wildman–Crippen MR) is 102 cm³/mol. The molecule has 1 aromatic rings. The average molecular weight is 446 g/mol. The van der Waals surface area contributed by atoms with Crippen molar-refractivity contribution in [1.29, 1.82) is 10.5 Å². The Kier molecular flexibility index (Phi) is 6.58. The van der Waals surface area contributed by atoms with Gasteiger partial charge in [-0.1, -0.05) is 18.5 Å². The molecule has 1 aliphatic rings. The molecule has 2 unspecified atom stereocenters. The molecule has 0 aliphatic carbocycles. The van der Waals surface area contributed by atoms with E-state index < -0.39 is 46.8 Å². The Labute approximate surface area is 171 Å². The van der Waals surface area contributed by atoms with E-state index >= 15 is 0 Å². The SMILES string of the molecule is CCS(=O)C(C1=NC(CO)(CC#N)c2cc(C(F)(F)F)cc(Cl)c2N1)=C(N)C#N. The van der Waals surface area contributed by atoms with Crippen molar-refractivity contribution in [3.8, 4) is 12.1 Å². The van der Waals surface area contributed by atoms with Crippen LogP contribution in [-0.2, 0) is 22.5 Å². The molecule has 12 heteroatoms. The number of benzene rings is 1. The third-order valence-corrected chi connectivity index (χ3v) is 5.88. The van der Waals surface area contributed by atoms with Crippen molar-refractivity contribution in [3.05, 3.63) is 38.9 Å². The summed E-state index contributed by atoms with van der Waals surface area (Å²) in [5.74, 6) is -0.140. The van der Waals surface area contributed by atoms with Gasteiger partial charge in [-0.3, -0.25) is 9.20 Å². The van der Waals surface area contributed by atoms with Gasteiger partial charge in [0.15, 0.2) is 0 Å². The zero-order valence-corrected chi connectivity index (χ0v) is 16.5. The first-order valence-corrected chi connectivity index (χ1v) is 9.78. The Hall–Kier alpha value is -2.60. The Morgan fingerprint density at radius 2 is 2.10 bits per heavy atom. The van der Waals surface area contributed by atoms with Crippen LogP contribution in [0.4, 0.5) is 18.9 Å². The number of nitrogens with zero attached hydrogens (tertiary/aromatic N) is 3. The van der Waals surface area contributed by atoms with Crippen LogP contribution in [-0.4, -0.2) is 27.5 Å². The molecular formula is C17H15ClF3N5O2S. The molecule has 4 N–H and O–H groups in total. The molecule has 1 heterocycles. The van der Waals surface area contributed by atoms with E-state index in [2.05, 4.69) is 10.3 Å². The molecule has 0 fully saturated rings. The molecule has 1 aliphatic heterocycles. The molecule has 2 rings (SSSR count). The maximum atomic E-state index is 13.2. The maximum Gasteiger partial charge on any atom is 0.416 e. The smallest absolute Gasteiger partial charge is 0.393 e. The molecule has 1 aromatic carbocycles. The van der Waals surface area contributed by atoms with Gasteiger partial charge in [0.05, 0.1) is 46.2 Å². The predicted octanol–water partition coefficient (Wildman–Crippen LogP) is 2.75. The minimum Gasteiger partial charge on any atom is -0.393 e. The van der Waals surface area contributed by atoms with Crippen molar-refractivity contribution < 1.29 is 22.5 Å². The second kappa shape index (κ2) is 8.41. The largest absolute Gasteiger partial charge is 0.416 e. The standard InChI is InChI=1S/C17H15ClF3N5O2S/c1-2-29(28)14(12(24)7-23)15-25-13-10(16(8-27,26-15)3-4-22)5-9(6-11(13)18)17(19,20)21/h5-6,27H,2-3,8,24H2,1H3,(H,25,26). The summed E-state index contributed by atoms with van der Waals surface area (Å²) in [6.07, 6.45) is -5.23. The molecule has 7 nitrogen and oxygen atoms in total. The van der Waals surface area contributed by atoms with Crippen LogP contribution in [0.1, 0.15) is 24.5 Å². The molecule has 0 spiro atoms. The summed E-state index contributed by atoms with van der Waals surface area (Å²) in [4.78, 5) is 4.00. The van der Waals surface area contributed by atoms with Gasteiger partial charge in [-0.2, -0.15) is 23.7 Å². The molecule has 29 heavy (non-hydrogen) atoms. The number of alkyl halides is 3. The van der Waals surface area contributed by atoms with Crippen molar-refractivity contribution in [2.75, 3.05) is 17.7 Å². The zero-order chi connectivity index (χ0) is 22.0. The van der Waals surface area contributed by atoms with Crippen molar-refractivity contribution in [1.82, 2.24) is 0 Å². The van der Waals surface area contributed by atoms with Gasteiger partial charge < -0.3 is 16.2 Å². The average Bonchev–Trinajstić information content (AvgIpc) is 2.67. The van der Waals surface area contributed by atoms with E-state index in [1.54, 1.807) is 19.1 Å². The summed E-state index contributed by atoms with van der Waals surface area (Å²) in [7, 11) is -1.78. The molecular weight excluding hydrogens is 431 g/mol. The fourth-order valence-electron chi connectivity index (χ4n) is 2.79. The number of nitrogens with two attached hydrogens (primary N) is 1. The van der Waals surface area contributed by atoms with Crippen LogP contribution in [0.2, 0.25) is 5.02 Å². The van der Waals surface area contributed by atoms with Crippen LogP contribution in [0.25, 0.3) is 0 Å². The first-order valence-electron chi connectivity index (χ1n) is 8.09. The third-order valence-electron chi connectivity index (χ3n) is 4.19. The molecule has 0 saturated carbocycles. The topological polar surface area (TPSA) is 135 Å². The lowest BCUT2D eigenvalue weighted by Gasteiger charge is -2.35. The van der Waals surface area contributed by atoms with Crippen molar-refractivity contribution in [2.24, 2.45) is 10.7 Å². The summed E-state index contributed by atoms with van der Waals surface area (Å²) in [5, 5.41) is 30.7. The Balaban J connectivity index is 2.86. The number of nitrogens with one attached hydrogen (secondary N) is 1. The van der Waals surface area contributed by atoms with Crippen LogP contribution in [0, 0.1) is 22.7 Å². The van der Waals surface area contributed by atoms with Crippen molar-refractivity contribution in [3.63, 3.8) is 0 Å². The molecule has 0 radical (unpaired) electrons. The van der Waals surface area contributed by atoms with Gasteiger partial charge in [0.1, 0.15) is 28.0 Å². The van der Waals surface area contributed by atoms with Crippen LogP contribution in [0.5, 0.6) is 0 Å². The Bertz CT molecular complexity index is 1010. The molecule has 0 saturated heterocycles. The number of anilines is 1. The second-order valence-electron chi connectivity index (χ2n) is 5.98. The fourth-order valence-corrected chi connectivity index (χ4v) is 3.95. The number of hydrogen-bond donors (Lipinski definition) is 3. The van der Waals surface area contributed by atoms with E-state index in [4.69, 9.17) is 22.6 Å². The van der Waals surface area contributed by atoms with Crippen molar-refractivity contribution in [2.45, 2.75) is 25.1 Å². The summed E-state index contributed by atoms with van der Waals surface area (Å²) in [5.41, 5.74) is 2.13. The second-order valence-corrected chi connectivity index (χ2v) is 8.06. The van der Waals surface area contributed by atoms with E-state index in [1.807, 2.05) is 0 Å². The molecule has 0 aromatic heterocycles. The first-order chi connectivity index (χ1) is 13.5. The molecule has 0 bridgehead atoms. The van der Waals surface area contributed by atoms with E-state index in [1.165, 1.54) is 0 Å². The van der Waals surface area contributed by atoms with Crippen LogP contribution < -0.4 is 11.1 Å². The lowest BCUT2D eigenvalue weighted by Crippen LogP contribution is -2.38.